The molecule has 2 aromatic heterocycles. The number of hydrogen-bond acceptors (Lipinski definition) is 5. The third kappa shape index (κ3) is 3.83. The van der Waals surface area contributed by atoms with Crippen molar-refractivity contribution in [1.82, 2.24) is 4.98 Å². The topological polar surface area (TPSA) is 71.9 Å². The minimum Gasteiger partial charge on any atom is -0.487 e. The van der Waals surface area contributed by atoms with Crippen LogP contribution in [0.25, 0.3) is 10.4 Å². The van der Waals surface area contributed by atoms with Crippen LogP contribution < -0.4 is 10.5 Å². The third-order valence-corrected chi connectivity index (χ3v) is 6.95. The Bertz CT molecular complexity index is 1100. The molecule has 4 nitrogen and oxygen atoms in total. The first-order valence-electron chi connectivity index (χ1n) is 9.83. The van der Waals surface area contributed by atoms with Crippen molar-refractivity contribution in [3.8, 4) is 22.3 Å². The first-order chi connectivity index (χ1) is 14.1. The molecule has 0 aliphatic heterocycles. The Morgan fingerprint density at radius 1 is 1.28 bits per heavy atom. The quantitative estimate of drug-likeness (QED) is 0.551. The van der Waals surface area contributed by atoms with Crippen LogP contribution in [-0.2, 0) is 25.9 Å². The summed E-state index contributed by atoms with van der Waals surface area (Å²) in [7, 11) is 0. The second-order valence-electron chi connectivity index (χ2n) is 7.12. The van der Waals surface area contributed by atoms with E-state index >= 15 is 0 Å². The SMILES string of the molecule is CCc1sc(-c2c(C#N)c(N)nc3c2CCCC3)cc1COc1ccccc1Cl. The van der Waals surface area contributed by atoms with Crippen molar-refractivity contribution in [3.05, 3.63) is 62.6 Å². The fraction of sp³-hybridized carbons (Fsp3) is 0.304. The van der Waals surface area contributed by atoms with Crippen LogP contribution >= 0.6 is 22.9 Å². The Morgan fingerprint density at radius 2 is 2.07 bits per heavy atom. The maximum Gasteiger partial charge on any atom is 0.142 e. The number of nitrogen functional groups attached to an aromatic ring is 1. The summed E-state index contributed by atoms with van der Waals surface area (Å²) in [5.74, 6) is 1.01. The molecule has 0 saturated carbocycles. The number of hydrogen-bond donors (Lipinski definition) is 1. The van der Waals surface area contributed by atoms with Gasteiger partial charge < -0.3 is 10.5 Å². The fourth-order valence-electron chi connectivity index (χ4n) is 3.88. The molecule has 4 rings (SSSR count). The molecule has 0 bridgehead atoms. The van der Waals surface area contributed by atoms with Gasteiger partial charge in [0.05, 0.1) is 5.02 Å². The van der Waals surface area contributed by atoms with E-state index in [2.05, 4.69) is 24.0 Å². The summed E-state index contributed by atoms with van der Waals surface area (Å²) in [6.07, 6.45) is 5.00. The average molecular weight is 424 g/mol. The van der Waals surface area contributed by atoms with Crippen molar-refractivity contribution in [2.24, 2.45) is 0 Å². The van der Waals surface area contributed by atoms with E-state index in [0.717, 1.165) is 53.8 Å². The number of para-hydroxylation sites is 1. The van der Waals surface area contributed by atoms with Gasteiger partial charge in [0, 0.05) is 26.6 Å². The van der Waals surface area contributed by atoms with Crippen LogP contribution in [0.3, 0.4) is 0 Å². The van der Waals surface area contributed by atoms with Gasteiger partial charge in [-0.15, -0.1) is 11.3 Å². The lowest BCUT2D eigenvalue weighted by atomic mass is 9.89. The summed E-state index contributed by atoms with van der Waals surface area (Å²) >= 11 is 7.94. The molecule has 0 atom stereocenters. The summed E-state index contributed by atoms with van der Waals surface area (Å²) < 4.78 is 5.98. The molecule has 6 heteroatoms. The number of halogens is 1. The zero-order chi connectivity index (χ0) is 20.4. The van der Waals surface area contributed by atoms with Crippen LogP contribution in [0.15, 0.2) is 30.3 Å². The molecule has 1 aliphatic rings. The molecule has 0 radical (unpaired) electrons. The Hall–Kier alpha value is -2.55. The summed E-state index contributed by atoms with van der Waals surface area (Å²) in [5, 5.41) is 10.4. The van der Waals surface area contributed by atoms with Gasteiger partial charge in [0.25, 0.3) is 0 Å². The van der Waals surface area contributed by atoms with E-state index in [9.17, 15) is 5.26 Å². The van der Waals surface area contributed by atoms with E-state index in [1.54, 1.807) is 11.3 Å². The van der Waals surface area contributed by atoms with E-state index in [1.165, 1.54) is 10.4 Å². The fourth-order valence-corrected chi connectivity index (χ4v) is 5.25. The molecule has 3 aromatic rings. The highest BCUT2D eigenvalue weighted by atomic mass is 35.5. The number of thiophene rings is 1. The normalized spacial score (nSPS) is 13.0. The van der Waals surface area contributed by atoms with Crippen molar-refractivity contribution in [3.63, 3.8) is 0 Å². The Balaban J connectivity index is 1.75. The second kappa shape index (κ2) is 8.44. The standard InChI is InChI=1S/C23H22ClN3OS/c1-2-20-14(13-28-19-10-6-4-8-17(19)24)11-21(29-20)22-15-7-3-5-9-18(15)27-23(26)16(22)12-25/h4,6,8,10-11H,2-3,5,7,9,13H2,1H3,(H2,26,27). The lowest BCUT2D eigenvalue weighted by Crippen LogP contribution is -2.11. The van der Waals surface area contributed by atoms with E-state index in [-0.39, 0.29) is 0 Å². The molecule has 2 N–H and O–H groups in total. The first kappa shape index (κ1) is 19.8. The summed E-state index contributed by atoms with van der Waals surface area (Å²) in [5.41, 5.74) is 11.0. The minimum absolute atomic E-state index is 0.337. The van der Waals surface area contributed by atoms with E-state index in [4.69, 9.17) is 22.1 Å². The van der Waals surface area contributed by atoms with Crippen molar-refractivity contribution >= 4 is 28.8 Å². The van der Waals surface area contributed by atoms with E-state index in [1.807, 2.05) is 24.3 Å². The molecular weight excluding hydrogens is 402 g/mol. The van der Waals surface area contributed by atoms with Crippen LogP contribution in [0.2, 0.25) is 5.02 Å². The van der Waals surface area contributed by atoms with Gasteiger partial charge in [-0.2, -0.15) is 5.26 Å². The number of nitrogens with zero attached hydrogens (tertiary/aromatic N) is 2. The Morgan fingerprint density at radius 3 is 2.83 bits per heavy atom. The Kier molecular flexibility index (Phi) is 5.75. The maximum absolute atomic E-state index is 9.77. The monoisotopic (exact) mass is 423 g/mol. The molecule has 1 aromatic carbocycles. The number of fused-ring (bicyclic) bond motifs is 1. The van der Waals surface area contributed by atoms with Gasteiger partial charge in [-0.05, 0) is 55.9 Å². The first-order valence-corrected chi connectivity index (χ1v) is 11.0. The third-order valence-electron chi connectivity index (χ3n) is 5.30. The van der Waals surface area contributed by atoms with Gasteiger partial charge in [0.1, 0.15) is 29.8 Å². The number of anilines is 1. The number of nitriles is 1. The molecule has 0 spiro atoms. The zero-order valence-corrected chi connectivity index (χ0v) is 17.9. The molecular formula is C23H22ClN3OS. The molecule has 0 amide bonds. The maximum atomic E-state index is 9.77. The number of benzene rings is 1. The average Bonchev–Trinajstić information content (AvgIpc) is 3.15. The molecule has 0 saturated heterocycles. The van der Waals surface area contributed by atoms with Gasteiger partial charge in [-0.3, -0.25) is 0 Å². The molecule has 0 unspecified atom stereocenters. The molecule has 148 valence electrons. The largest absolute Gasteiger partial charge is 0.487 e. The van der Waals surface area contributed by atoms with Crippen molar-refractivity contribution < 1.29 is 4.74 Å². The van der Waals surface area contributed by atoms with E-state index < -0.39 is 0 Å². The van der Waals surface area contributed by atoms with Crippen molar-refractivity contribution in [2.75, 3.05) is 5.73 Å². The number of aryl methyl sites for hydroxylation is 2. The zero-order valence-electron chi connectivity index (χ0n) is 16.3. The van der Waals surface area contributed by atoms with Gasteiger partial charge in [0.15, 0.2) is 0 Å². The minimum atomic E-state index is 0.337. The highest BCUT2D eigenvalue weighted by molar-refractivity contribution is 7.15. The lowest BCUT2D eigenvalue weighted by Gasteiger charge is -2.20. The second-order valence-corrected chi connectivity index (χ2v) is 8.67. The van der Waals surface area contributed by atoms with Crippen molar-refractivity contribution in [1.29, 1.82) is 5.26 Å². The van der Waals surface area contributed by atoms with Gasteiger partial charge in [-0.1, -0.05) is 30.7 Å². The number of rotatable bonds is 5. The molecule has 1 aliphatic carbocycles. The van der Waals surface area contributed by atoms with Crippen LogP contribution in [0, 0.1) is 11.3 Å². The van der Waals surface area contributed by atoms with Crippen LogP contribution in [0.1, 0.15) is 47.0 Å². The van der Waals surface area contributed by atoms with Crippen molar-refractivity contribution in [2.45, 2.75) is 45.6 Å². The molecule has 0 fully saturated rings. The predicted octanol–water partition coefficient (Wildman–Crippen LogP) is 5.94. The van der Waals surface area contributed by atoms with Gasteiger partial charge in [-0.25, -0.2) is 4.98 Å². The lowest BCUT2D eigenvalue weighted by molar-refractivity contribution is 0.306. The number of pyridine rings is 1. The summed E-state index contributed by atoms with van der Waals surface area (Å²) in [6.45, 7) is 2.57. The highest BCUT2D eigenvalue weighted by Crippen LogP contribution is 2.41. The Labute approximate surface area is 179 Å². The van der Waals surface area contributed by atoms with Gasteiger partial charge >= 0.3 is 0 Å². The molecule has 2 heterocycles. The summed E-state index contributed by atoms with van der Waals surface area (Å²) in [6, 6.07) is 11.9. The number of ether oxygens (including phenoxy) is 1. The van der Waals surface area contributed by atoms with Crippen LogP contribution in [-0.4, -0.2) is 4.98 Å². The smallest absolute Gasteiger partial charge is 0.142 e. The number of aromatic nitrogens is 1. The highest BCUT2D eigenvalue weighted by Gasteiger charge is 2.24. The number of nitrogens with two attached hydrogens (primary N) is 1. The van der Waals surface area contributed by atoms with Gasteiger partial charge in [0.2, 0.25) is 0 Å². The predicted molar refractivity (Wildman–Crippen MR) is 118 cm³/mol. The summed E-state index contributed by atoms with van der Waals surface area (Å²) in [4.78, 5) is 6.85. The molecule has 29 heavy (non-hydrogen) atoms. The van der Waals surface area contributed by atoms with Crippen LogP contribution in [0.5, 0.6) is 5.75 Å². The van der Waals surface area contributed by atoms with E-state index in [0.29, 0.717) is 28.8 Å². The van der Waals surface area contributed by atoms with Crippen LogP contribution in [0.4, 0.5) is 5.82 Å².